The second kappa shape index (κ2) is 5.89. The zero-order valence-corrected chi connectivity index (χ0v) is 12.4. The van der Waals surface area contributed by atoms with E-state index in [2.05, 4.69) is 24.1 Å². The van der Waals surface area contributed by atoms with E-state index in [-0.39, 0.29) is 22.2 Å². The van der Waals surface area contributed by atoms with Crippen LogP contribution in [0.4, 0.5) is 5.69 Å². The number of hydrogen-bond acceptors (Lipinski definition) is 4. The minimum atomic E-state index is -0.284. The molecule has 0 spiro atoms. The molecule has 1 atom stereocenters. The van der Waals surface area contributed by atoms with Gasteiger partial charge >= 0.3 is 0 Å². The molecule has 1 aromatic rings. The first-order chi connectivity index (χ1) is 9.47. The minimum absolute atomic E-state index is 0.0815. The zero-order valence-electron chi connectivity index (χ0n) is 12.4. The molecule has 110 valence electrons. The summed E-state index contributed by atoms with van der Waals surface area (Å²) in [4.78, 5) is 13.2. The van der Waals surface area contributed by atoms with E-state index in [0.29, 0.717) is 0 Å². The lowest BCUT2D eigenvalue weighted by molar-refractivity contribution is -0.386. The number of nitro groups is 1. The molecular weight excluding hydrogens is 254 g/mol. The lowest BCUT2D eigenvalue weighted by Crippen LogP contribution is -2.50. The Kier molecular flexibility index (Phi) is 4.40. The van der Waals surface area contributed by atoms with Crippen LogP contribution in [0.1, 0.15) is 38.3 Å². The summed E-state index contributed by atoms with van der Waals surface area (Å²) in [5.41, 5.74) is 1.23. The standard InChI is InChI=1S/C15H23N3O2/c1-12(13-6-4-5-7-14(13)18(19)20)17-10-8-15(2,16-3)9-11-17/h4-7,12,16H,8-11H2,1-3H3. The fraction of sp³-hybridized carbons (Fsp3) is 0.600. The average Bonchev–Trinajstić information content (AvgIpc) is 2.47. The van der Waals surface area contributed by atoms with Gasteiger partial charge in [-0.3, -0.25) is 15.0 Å². The van der Waals surface area contributed by atoms with Gasteiger partial charge in [0.25, 0.3) is 5.69 Å². The number of benzene rings is 1. The van der Waals surface area contributed by atoms with Gasteiger partial charge in [0.1, 0.15) is 0 Å². The van der Waals surface area contributed by atoms with Crippen LogP contribution >= 0.6 is 0 Å². The van der Waals surface area contributed by atoms with Crippen LogP contribution in [0.15, 0.2) is 24.3 Å². The molecule has 5 nitrogen and oxygen atoms in total. The van der Waals surface area contributed by atoms with Gasteiger partial charge in [-0.05, 0) is 33.7 Å². The lowest BCUT2D eigenvalue weighted by atomic mass is 9.88. The Hall–Kier alpha value is -1.46. The molecule has 0 aromatic heterocycles. The normalized spacial score (nSPS) is 20.6. The summed E-state index contributed by atoms with van der Waals surface area (Å²) in [6.07, 6.45) is 2.13. The Balaban J connectivity index is 2.13. The quantitative estimate of drug-likeness (QED) is 0.679. The van der Waals surface area contributed by atoms with E-state index in [4.69, 9.17) is 0 Å². The molecule has 0 radical (unpaired) electrons. The Morgan fingerprint density at radius 1 is 1.35 bits per heavy atom. The van der Waals surface area contributed by atoms with Crippen molar-refractivity contribution in [1.29, 1.82) is 0 Å². The maximum absolute atomic E-state index is 11.1. The summed E-state index contributed by atoms with van der Waals surface area (Å²) in [7, 11) is 2.00. The summed E-state index contributed by atoms with van der Waals surface area (Å²) in [5.74, 6) is 0. The van der Waals surface area contributed by atoms with Crippen molar-refractivity contribution in [3.63, 3.8) is 0 Å². The van der Waals surface area contributed by atoms with E-state index < -0.39 is 0 Å². The van der Waals surface area contributed by atoms with E-state index in [0.717, 1.165) is 31.5 Å². The summed E-state index contributed by atoms with van der Waals surface area (Å²) in [5, 5.41) is 14.5. The Labute approximate surface area is 120 Å². The van der Waals surface area contributed by atoms with Gasteiger partial charge in [-0.25, -0.2) is 0 Å². The van der Waals surface area contributed by atoms with Crippen molar-refractivity contribution in [1.82, 2.24) is 10.2 Å². The Morgan fingerprint density at radius 2 is 1.95 bits per heavy atom. The van der Waals surface area contributed by atoms with E-state index in [9.17, 15) is 10.1 Å². The maximum Gasteiger partial charge on any atom is 0.274 e. The number of hydrogen-bond donors (Lipinski definition) is 1. The first-order valence-corrected chi connectivity index (χ1v) is 7.13. The van der Waals surface area contributed by atoms with E-state index in [1.807, 2.05) is 19.2 Å². The summed E-state index contributed by atoms with van der Waals surface area (Å²) < 4.78 is 0. The largest absolute Gasteiger partial charge is 0.314 e. The molecule has 1 aliphatic heterocycles. The molecule has 20 heavy (non-hydrogen) atoms. The topological polar surface area (TPSA) is 58.4 Å². The molecule has 0 amide bonds. The third-order valence-corrected chi connectivity index (χ3v) is 4.64. The molecule has 1 saturated heterocycles. The second-order valence-corrected chi connectivity index (χ2v) is 5.84. The molecule has 1 unspecified atom stereocenters. The van der Waals surface area contributed by atoms with Crippen molar-refractivity contribution in [2.24, 2.45) is 0 Å². The molecule has 1 aliphatic rings. The predicted molar refractivity (Wildman–Crippen MR) is 79.8 cm³/mol. The molecule has 1 fully saturated rings. The molecule has 0 bridgehead atoms. The Morgan fingerprint density at radius 3 is 2.50 bits per heavy atom. The highest BCUT2D eigenvalue weighted by Gasteiger charge is 2.32. The van der Waals surface area contributed by atoms with Crippen LogP contribution in [0.3, 0.4) is 0 Å². The van der Waals surface area contributed by atoms with E-state index >= 15 is 0 Å². The number of para-hydroxylation sites is 1. The molecule has 2 rings (SSSR count). The van der Waals surface area contributed by atoms with Gasteiger partial charge < -0.3 is 5.32 Å². The fourth-order valence-corrected chi connectivity index (χ4v) is 2.86. The number of nitrogens with zero attached hydrogens (tertiary/aromatic N) is 2. The summed E-state index contributed by atoms with van der Waals surface area (Å²) in [6.45, 7) is 6.22. The van der Waals surface area contributed by atoms with Gasteiger partial charge in [0.2, 0.25) is 0 Å². The van der Waals surface area contributed by atoms with Crippen LogP contribution in [0.25, 0.3) is 0 Å². The second-order valence-electron chi connectivity index (χ2n) is 5.84. The number of likely N-dealkylation sites (tertiary alicyclic amines) is 1. The zero-order chi connectivity index (χ0) is 14.8. The van der Waals surface area contributed by atoms with E-state index in [1.54, 1.807) is 12.1 Å². The van der Waals surface area contributed by atoms with Gasteiger partial charge in [-0.15, -0.1) is 0 Å². The molecule has 5 heteroatoms. The van der Waals surface area contributed by atoms with Gasteiger partial charge in [0, 0.05) is 36.3 Å². The predicted octanol–water partition coefficient (Wildman–Crippen LogP) is 2.73. The number of rotatable bonds is 4. The number of nitrogens with one attached hydrogen (secondary N) is 1. The minimum Gasteiger partial charge on any atom is -0.314 e. The number of piperidine rings is 1. The smallest absolute Gasteiger partial charge is 0.274 e. The van der Waals surface area contributed by atoms with Gasteiger partial charge in [0.15, 0.2) is 0 Å². The lowest BCUT2D eigenvalue weighted by Gasteiger charge is -2.41. The van der Waals surface area contributed by atoms with Crippen LogP contribution in [-0.4, -0.2) is 35.5 Å². The first-order valence-electron chi connectivity index (χ1n) is 7.13. The van der Waals surface area contributed by atoms with Crippen LogP contribution in [0.2, 0.25) is 0 Å². The van der Waals surface area contributed by atoms with Crippen molar-refractivity contribution in [3.8, 4) is 0 Å². The van der Waals surface area contributed by atoms with Crippen molar-refractivity contribution >= 4 is 5.69 Å². The van der Waals surface area contributed by atoms with E-state index in [1.165, 1.54) is 0 Å². The number of nitro benzene ring substituents is 1. The van der Waals surface area contributed by atoms with Gasteiger partial charge in [-0.1, -0.05) is 18.2 Å². The summed E-state index contributed by atoms with van der Waals surface area (Å²) >= 11 is 0. The fourth-order valence-electron chi connectivity index (χ4n) is 2.86. The van der Waals surface area contributed by atoms with Crippen LogP contribution in [-0.2, 0) is 0 Å². The highest BCUT2D eigenvalue weighted by molar-refractivity contribution is 5.41. The first kappa shape index (κ1) is 14.9. The highest BCUT2D eigenvalue weighted by Crippen LogP contribution is 2.32. The highest BCUT2D eigenvalue weighted by atomic mass is 16.6. The van der Waals surface area contributed by atoms with Crippen molar-refractivity contribution < 1.29 is 4.92 Å². The molecule has 1 heterocycles. The molecule has 1 aromatic carbocycles. The van der Waals surface area contributed by atoms with Crippen LogP contribution in [0.5, 0.6) is 0 Å². The third kappa shape index (κ3) is 2.99. The molecule has 1 N–H and O–H groups in total. The third-order valence-electron chi connectivity index (χ3n) is 4.64. The Bertz CT molecular complexity index is 482. The summed E-state index contributed by atoms with van der Waals surface area (Å²) in [6, 6.07) is 7.14. The molecule has 0 saturated carbocycles. The van der Waals surface area contributed by atoms with Gasteiger partial charge in [0.05, 0.1) is 4.92 Å². The van der Waals surface area contributed by atoms with Crippen molar-refractivity contribution in [3.05, 3.63) is 39.9 Å². The SMILES string of the molecule is CNC1(C)CCN(C(C)c2ccccc2[N+](=O)[O-])CC1. The van der Waals surface area contributed by atoms with Crippen molar-refractivity contribution in [2.75, 3.05) is 20.1 Å². The van der Waals surface area contributed by atoms with Crippen LogP contribution < -0.4 is 5.32 Å². The van der Waals surface area contributed by atoms with Crippen molar-refractivity contribution in [2.45, 2.75) is 38.3 Å². The molecular formula is C15H23N3O2. The van der Waals surface area contributed by atoms with Gasteiger partial charge in [-0.2, -0.15) is 0 Å². The van der Waals surface area contributed by atoms with Crippen LogP contribution in [0, 0.1) is 10.1 Å². The molecule has 0 aliphatic carbocycles. The average molecular weight is 277 g/mol. The monoisotopic (exact) mass is 277 g/mol. The maximum atomic E-state index is 11.1.